The number of benzene rings is 1. The second-order valence-electron chi connectivity index (χ2n) is 3.06. The molecule has 0 atom stereocenters. The molecule has 0 heterocycles. The first-order chi connectivity index (χ1) is 7.09. The number of hydrogen-bond donors (Lipinski definition) is 1. The van der Waals surface area contributed by atoms with E-state index in [1.54, 1.807) is 0 Å². The van der Waals surface area contributed by atoms with E-state index in [1.807, 2.05) is 0 Å². The van der Waals surface area contributed by atoms with Gasteiger partial charge in [0.15, 0.2) is 0 Å². The molecule has 0 aliphatic rings. The Morgan fingerprint density at radius 2 is 1.60 bits per heavy atom. The third-order valence-corrected chi connectivity index (χ3v) is 1.86. The molecule has 0 unspecified atom stereocenters. The van der Waals surface area contributed by atoms with Crippen molar-refractivity contribution in [2.75, 3.05) is 6.54 Å². The van der Waals surface area contributed by atoms with E-state index in [1.165, 1.54) is 24.3 Å². The van der Waals surface area contributed by atoms with Gasteiger partial charge in [-0.25, -0.2) is 17.6 Å². The van der Waals surface area contributed by atoms with Crippen molar-refractivity contribution in [1.29, 1.82) is 0 Å². The molecule has 0 saturated carbocycles. The molecule has 1 rings (SSSR count). The highest BCUT2D eigenvalue weighted by Gasteiger charge is 2.06. The standard InChI is InChI=1S/C10H11F4N/c11-9(12)6-15-5-7-1-3-8(4-2-7)10(13)14/h1-4,9-10,15H,5-6H2. The van der Waals surface area contributed by atoms with Crippen LogP contribution in [0.25, 0.3) is 0 Å². The summed E-state index contributed by atoms with van der Waals surface area (Å²) in [5, 5.41) is 2.51. The number of hydrogen-bond acceptors (Lipinski definition) is 1. The summed E-state index contributed by atoms with van der Waals surface area (Å²) in [6.07, 6.45) is -4.89. The first kappa shape index (κ1) is 12.0. The van der Waals surface area contributed by atoms with E-state index >= 15 is 0 Å². The van der Waals surface area contributed by atoms with Gasteiger partial charge in [0.2, 0.25) is 0 Å². The Bertz CT molecular complexity index is 284. The predicted molar refractivity (Wildman–Crippen MR) is 49.1 cm³/mol. The van der Waals surface area contributed by atoms with Gasteiger partial charge in [-0.1, -0.05) is 24.3 Å². The van der Waals surface area contributed by atoms with Crippen molar-refractivity contribution in [3.05, 3.63) is 35.4 Å². The Labute approximate surface area is 85.1 Å². The van der Waals surface area contributed by atoms with Crippen molar-refractivity contribution < 1.29 is 17.6 Å². The molecule has 0 saturated heterocycles. The Balaban J connectivity index is 2.43. The molecule has 0 bridgehead atoms. The maximum Gasteiger partial charge on any atom is 0.263 e. The maximum absolute atomic E-state index is 12.1. The van der Waals surface area contributed by atoms with Gasteiger partial charge in [-0.3, -0.25) is 0 Å². The number of rotatable bonds is 5. The van der Waals surface area contributed by atoms with Crippen LogP contribution in [0.5, 0.6) is 0 Å². The van der Waals surface area contributed by atoms with Crippen LogP contribution in [-0.2, 0) is 6.54 Å². The Kier molecular flexibility index (Phi) is 4.55. The first-order valence-electron chi connectivity index (χ1n) is 4.45. The topological polar surface area (TPSA) is 12.0 Å². The van der Waals surface area contributed by atoms with Gasteiger partial charge >= 0.3 is 0 Å². The molecular weight excluding hydrogens is 210 g/mol. The molecule has 1 aromatic carbocycles. The van der Waals surface area contributed by atoms with Crippen LogP contribution in [0.15, 0.2) is 24.3 Å². The van der Waals surface area contributed by atoms with Crippen molar-refractivity contribution in [3.8, 4) is 0 Å². The zero-order valence-corrected chi connectivity index (χ0v) is 7.89. The fraction of sp³-hybridized carbons (Fsp3) is 0.400. The van der Waals surface area contributed by atoms with Crippen LogP contribution in [0, 0.1) is 0 Å². The molecule has 15 heavy (non-hydrogen) atoms. The average molecular weight is 221 g/mol. The number of alkyl halides is 4. The molecular formula is C10H11F4N. The second-order valence-corrected chi connectivity index (χ2v) is 3.06. The lowest BCUT2D eigenvalue weighted by atomic mass is 10.1. The van der Waals surface area contributed by atoms with Crippen molar-refractivity contribution in [2.24, 2.45) is 0 Å². The summed E-state index contributed by atoms with van der Waals surface area (Å²) in [7, 11) is 0. The SMILES string of the molecule is FC(F)CNCc1ccc(C(F)F)cc1. The molecule has 0 aromatic heterocycles. The molecule has 0 aliphatic carbocycles. The third-order valence-electron chi connectivity index (χ3n) is 1.86. The molecule has 1 aromatic rings. The Morgan fingerprint density at radius 1 is 1.00 bits per heavy atom. The normalized spacial score (nSPS) is 11.3. The van der Waals surface area contributed by atoms with Gasteiger partial charge in [0, 0.05) is 12.1 Å². The third kappa shape index (κ3) is 4.29. The lowest BCUT2D eigenvalue weighted by Gasteiger charge is -2.05. The van der Waals surface area contributed by atoms with Gasteiger partial charge in [0.05, 0.1) is 6.54 Å². The average Bonchev–Trinajstić information content (AvgIpc) is 2.18. The van der Waals surface area contributed by atoms with Gasteiger partial charge in [0.25, 0.3) is 12.9 Å². The van der Waals surface area contributed by atoms with Crippen molar-refractivity contribution >= 4 is 0 Å². The van der Waals surface area contributed by atoms with E-state index in [9.17, 15) is 17.6 Å². The molecule has 0 amide bonds. The van der Waals surface area contributed by atoms with E-state index in [-0.39, 0.29) is 12.1 Å². The molecule has 5 heteroatoms. The number of halogens is 4. The van der Waals surface area contributed by atoms with Crippen LogP contribution < -0.4 is 5.32 Å². The van der Waals surface area contributed by atoms with Gasteiger partial charge in [-0.05, 0) is 5.56 Å². The highest BCUT2D eigenvalue weighted by molar-refractivity contribution is 5.23. The van der Waals surface area contributed by atoms with Crippen LogP contribution >= 0.6 is 0 Å². The molecule has 1 nitrogen and oxygen atoms in total. The quantitative estimate of drug-likeness (QED) is 0.754. The van der Waals surface area contributed by atoms with Gasteiger partial charge in [-0.2, -0.15) is 0 Å². The summed E-state index contributed by atoms with van der Waals surface area (Å²) >= 11 is 0. The molecule has 84 valence electrons. The fourth-order valence-electron chi connectivity index (χ4n) is 1.11. The zero-order chi connectivity index (χ0) is 11.3. The first-order valence-corrected chi connectivity index (χ1v) is 4.45. The lowest BCUT2D eigenvalue weighted by Crippen LogP contribution is -2.20. The number of nitrogens with one attached hydrogen (secondary N) is 1. The maximum atomic E-state index is 12.1. The minimum atomic E-state index is -2.49. The van der Waals surface area contributed by atoms with Gasteiger partial charge < -0.3 is 5.32 Å². The minimum absolute atomic E-state index is 0.0624. The minimum Gasteiger partial charge on any atom is -0.307 e. The summed E-state index contributed by atoms with van der Waals surface area (Å²) in [5.41, 5.74) is 0.646. The van der Waals surface area contributed by atoms with Crippen LogP contribution in [0.3, 0.4) is 0 Å². The van der Waals surface area contributed by atoms with E-state index in [2.05, 4.69) is 5.32 Å². The van der Waals surface area contributed by atoms with Crippen molar-refractivity contribution in [1.82, 2.24) is 5.32 Å². The molecule has 0 aliphatic heterocycles. The van der Waals surface area contributed by atoms with Crippen LogP contribution in [0.1, 0.15) is 17.6 Å². The molecule has 0 radical (unpaired) electrons. The zero-order valence-electron chi connectivity index (χ0n) is 7.89. The largest absolute Gasteiger partial charge is 0.307 e. The van der Waals surface area contributed by atoms with Crippen LogP contribution in [-0.4, -0.2) is 13.0 Å². The summed E-state index contributed by atoms with van der Waals surface area (Å²) in [4.78, 5) is 0. The van der Waals surface area contributed by atoms with E-state index < -0.39 is 19.4 Å². The Hall–Kier alpha value is -1.10. The lowest BCUT2D eigenvalue weighted by molar-refractivity contribution is 0.145. The second kappa shape index (κ2) is 5.70. The van der Waals surface area contributed by atoms with Crippen molar-refractivity contribution in [3.63, 3.8) is 0 Å². The molecule has 1 N–H and O–H groups in total. The highest BCUT2D eigenvalue weighted by Crippen LogP contribution is 2.18. The summed E-state index contributed by atoms with van der Waals surface area (Å²) in [6, 6.07) is 5.59. The van der Waals surface area contributed by atoms with E-state index in [0.29, 0.717) is 5.56 Å². The van der Waals surface area contributed by atoms with E-state index in [4.69, 9.17) is 0 Å². The molecule has 0 spiro atoms. The van der Waals surface area contributed by atoms with Gasteiger partial charge in [0.1, 0.15) is 0 Å². The Morgan fingerprint density at radius 3 is 2.07 bits per heavy atom. The fourth-order valence-corrected chi connectivity index (χ4v) is 1.11. The van der Waals surface area contributed by atoms with Crippen LogP contribution in [0.4, 0.5) is 17.6 Å². The summed E-state index contributed by atoms with van der Waals surface area (Å²) in [6.45, 7) is -0.134. The highest BCUT2D eigenvalue weighted by atomic mass is 19.3. The van der Waals surface area contributed by atoms with Crippen LogP contribution in [0.2, 0.25) is 0 Å². The molecule has 0 fully saturated rings. The van der Waals surface area contributed by atoms with E-state index in [0.717, 1.165) is 0 Å². The van der Waals surface area contributed by atoms with Crippen molar-refractivity contribution in [2.45, 2.75) is 19.4 Å². The predicted octanol–water partition coefficient (Wildman–Crippen LogP) is 2.98. The smallest absolute Gasteiger partial charge is 0.263 e. The summed E-state index contributed by atoms with van der Waals surface area (Å²) < 4.78 is 47.8. The summed E-state index contributed by atoms with van der Waals surface area (Å²) in [5.74, 6) is 0. The monoisotopic (exact) mass is 221 g/mol. The van der Waals surface area contributed by atoms with Gasteiger partial charge in [-0.15, -0.1) is 0 Å².